The highest BCUT2D eigenvalue weighted by Crippen LogP contribution is 2.46. The van der Waals surface area contributed by atoms with Gasteiger partial charge in [-0.05, 0) is 81.9 Å². The number of nitrogens with one attached hydrogen (secondary N) is 1. The number of benzene rings is 6. The monoisotopic (exact) mass is 566 g/mol. The van der Waals surface area contributed by atoms with E-state index in [0.717, 1.165) is 57.2 Å². The van der Waals surface area contributed by atoms with Crippen LogP contribution in [0.4, 0.5) is 22.7 Å². The lowest BCUT2D eigenvalue weighted by Crippen LogP contribution is -2.11. The maximum atomic E-state index is 6.34. The third kappa shape index (κ3) is 4.75. The molecule has 0 fully saturated rings. The third-order valence-corrected chi connectivity index (χ3v) is 8.25. The van der Waals surface area contributed by atoms with Gasteiger partial charge >= 0.3 is 0 Å². The van der Waals surface area contributed by atoms with Crippen molar-refractivity contribution < 1.29 is 4.42 Å². The molecule has 0 bridgehead atoms. The molecule has 3 heteroatoms. The summed E-state index contributed by atoms with van der Waals surface area (Å²) >= 11 is 0. The summed E-state index contributed by atoms with van der Waals surface area (Å²) < 4.78 is 6.34. The number of hydrogen-bond acceptors (Lipinski definition) is 3. The lowest BCUT2D eigenvalue weighted by atomic mass is 9.97. The Balaban J connectivity index is 1.38. The number of rotatable bonds is 6. The van der Waals surface area contributed by atoms with Crippen LogP contribution in [0.3, 0.4) is 0 Å². The summed E-state index contributed by atoms with van der Waals surface area (Å²) in [4.78, 5) is 2.37. The van der Waals surface area contributed by atoms with Crippen molar-refractivity contribution in [3.05, 3.63) is 163 Å². The van der Waals surface area contributed by atoms with E-state index in [2.05, 4.69) is 174 Å². The highest BCUT2D eigenvalue weighted by molar-refractivity contribution is 6.07. The van der Waals surface area contributed by atoms with E-state index in [1.165, 1.54) is 22.3 Å². The molecule has 2 heterocycles. The average Bonchev–Trinajstić information content (AvgIpc) is 3.49. The first-order valence-electron chi connectivity index (χ1n) is 15.0. The van der Waals surface area contributed by atoms with Gasteiger partial charge in [-0.3, -0.25) is 0 Å². The van der Waals surface area contributed by atoms with Gasteiger partial charge in [0, 0.05) is 17.9 Å². The Bertz CT molecular complexity index is 2040. The van der Waals surface area contributed by atoms with Gasteiger partial charge in [0.1, 0.15) is 5.58 Å². The minimum absolute atomic E-state index is 0.767. The highest BCUT2D eigenvalue weighted by atomic mass is 16.3. The Morgan fingerprint density at radius 1 is 0.500 bits per heavy atom. The van der Waals surface area contributed by atoms with E-state index < -0.39 is 0 Å². The molecule has 44 heavy (non-hydrogen) atoms. The molecule has 1 aromatic heterocycles. The predicted molar refractivity (Wildman–Crippen MR) is 185 cm³/mol. The van der Waals surface area contributed by atoms with Gasteiger partial charge in [0.05, 0.1) is 16.8 Å². The molecule has 0 amide bonds. The predicted octanol–water partition coefficient (Wildman–Crippen LogP) is 11.3. The van der Waals surface area contributed by atoms with Gasteiger partial charge in [-0.1, -0.05) is 115 Å². The molecule has 0 atom stereocenters. The van der Waals surface area contributed by atoms with Crippen molar-refractivity contribution >= 4 is 39.8 Å². The van der Waals surface area contributed by atoms with Gasteiger partial charge < -0.3 is 14.6 Å². The Morgan fingerprint density at radius 2 is 1.07 bits per heavy atom. The zero-order chi connectivity index (χ0) is 29.3. The smallest absolute Gasteiger partial charge is 0.151 e. The maximum absolute atomic E-state index is 6.34. The fraction of sp³-hybridized carbons (Fsp3) is 0.0244. The molecule has 8 rings (SSSR count). The molecule has 7 aromatic rings. The summed E-state index contributed by atoms with van der Waals surface area (Å²) in [5.41, 5.74) is 12.2. The number of fused-ring (bicyclic) bond motifs is 3. The Kier molecular flexibility index (Phi) is 6.54. The second-order valence-electron chi connectivity index (χ2n) is 11.0. The van der Waals surface area contributed by atoms with Crippen molar-refractivity contribution in [2.24, 2.45) is 0 Å². The van der Waals surface area contributed by atoms with Gasteiger partial charge in [-0.15, -0.1) is 0 Å². The van der Waals surface area contributed by atoms with E-state index in [-0.39, 0.29) is 0 Å². The Labute approximate surface area is 257 Å². The second kappa shape index (κ2) is 11.1. The largest absolute Gasteiger partial charge is 0.454 e. The molecule has 1 aliphatic rings. The molecule has 210 valence electrons. The standard InChI is InChI=1S/C41H30N2O/c1-4-12-29(13-5-1)32-21-23-35(24-22-32)43(37-18-10-19-38-40(37)41-39(44-38)20-11-25-42-41)36-27-33(30-14-6-2-7-15-30)26-34(28-36)31-16-8-3-9-17-31/h1-24,26-28,42H,25H2. The SMILES string of the molecule is C1=Cc2oc3cccc(N(c4ccc(-c5ccccc5)cc4)c4cc(-c5ccccc5)cc(-c5ccccc5)c4)c3c2NC1. The van der Waals surface area contributed by atoms with Crippen molar-refractivity contribution in [1.82, 2.24) is 0 Å². The second-order valence-corrected chi connectivity index (χ2v) is 11.0. The number of hydrogen-bond donors (Lipinski definition) is 1. The molecular formula is C41H30N2O. The molecule has 1 aliphatic heterocycles. The van der Waals surface area contributed by atoms with Gasteiger partial charge in [-0.25, -0.2) is 0 Å². The number of nitrogens with zero attached hydrogens (tertiary/aromatic N) is 1. The minimum atomic E-state index is 0.767. The molecule has 6 aromatic carbocycles. The first kappa shape index (κ1) is 25.9. The third-order valence-electron chi connectivity index (χ3n) is 8.25. The van der Waals surface area contributed by atoms with Gasteiger partial charge in [0.2, 0.25) is 0 Å². The summed E-state index contributed by atoms with van der Waals surface area (Å²) in [5.74, 6) is 0.862. The van der Waals surface area contributed by atoms with Crippen LogP contribution in [0, 0.1) is 0 Å². The molecule has 0 aliphatic carbocycles. The topological polar surface area (TPSA) is 28.4 Å². The average molecular weight is 567 g/mol. The molecule has 1 N–H and O–H groups in total. The van der Waals surface area contributed by atoms with E-state index in [9.17, 15) is 0 Å². The van der Waals surface area contributed by atoms with Crippen LogP contribution in [0.25, 0.3) is 50.4 Å². The van der Waals surface area contributed by atoms with E-state index in [1.807, 2.05) is 0 Å². The summed E-state index contributed by atoms with van der Waals surface area (Å²) in [6.45, 7) is 0.767. The van der Waals surface area contributed by atoms with Crippen molar-refractivity contribution in [2.45, 2.75) is 0 Å². The van der Waals surface area contributed by atoms with Crippen LogP contribution < -0.4 is 10.2 Å². The zero-order valence-electron chi connectivity index (χ0n) is 24.2. The first-order chi connectivity index (χ1) is 21.8. The summed E-state index contributed by atoms with van der Waals surface area (Å²) in [7, 11) is 0. The summed E-state index contributed by atoms with van der Waals surface area (Å²) in [6.07, 6.45) is 4.16. The molecule has 0 radical (unpaired) electrons. The molecular weight excluding hydrogens is 536 g/mol. The van der Waals surface area contributed by atoms with Crippen molar-refractivity contribution in [2.75, 3.05) is 16.8 Å². The molecule has 0 unspecified atom stereocenters. The highest BCUT2D eigenvalue weighted by Gasteiger charge is 2.23. The molecule has 3 nitrogen and oxygen atoms in total. The van der Waals surface area contributed by atoms with E-state index in [1.54, 1.807) is 0 Å². The van der Waals surface area contributed by atoms with E-state index in [4.69, 9.17) is 4.42 Å². The minimum Gasteiger partial charge on any atom is -0.454 e. The van der Waals surface area contributed by atoms with Gasteiger partial charge in [0.15, 0.2) is 5.76 Å². The molecule has 0 saturated heterocycles. The van der Waals surface area contributed by atoms with Crippen LogP contribution in [0.2, 0.25) is 0 Å². The Morgan fingerprint density at radius 3 is 1.68 bits per heavy atom. The molecule has 0 spiro atoms. The van der Waals surface area contributed by atoms with Crippen LogP contribution >= 0.6 is 0 Å². The van der Waals surface area contributed by atoms with Crippen molar-refractivity contribution in [3.8, 4) is 33.4 Å². The van der Waals surface area contributed by atoms with Gasteiger partial charge in [-0.2, -0.15) is 0 Å². The normalized spacial score (nSPS) is 12.1. The van der Waals surface area contributed by atoms with Gasteiger partial charge in [0.25, 0.3) is 0 Å². The lowest BCUT2D eigenvalue weighted by Gasteiger charge is -2.28. The van der Waals surface area contributed by atoms with Crippen LogP contribution in [-0.4, -0.2) is 6.54 Å². The van der Waals surface area contributed by atoms with Crippen LogP contribution in [-0.2, 0) is 0 Å². The zero-order valence-corrected chi connectivity index (χ0v) is 24.2. The number of anilines is 4. The maximum Gasteiger partial charge on any atom is 0.151 e. The Hall–Kier alpha value is -5.80. The van der Waals surface area contributed by atoms with E-state index >= 15 is 0 Å². The fourth-order valence-corrected chi connectivity index (χ4v) is 6.15. The van der Waals surface area contributed by atoms with E-state index in [0.29, 0.717) is 0 Å². The quantitative estimate of drug-likeness (QED) is 0.217. The molecule has 0 saturated carbocycles. The van der Waals surface area contributed by atoms with Crippen LogP contribution in [0.5, 0.6) is 0 Å². The van der Waals surface area contributed by atoms with Crippen LogP contribution in [0.15, 0.2) is 162 Å². The van der Waals surface area contributed by atoms with Crippen LogP contribution in [0.1, 0.15) is 5.76 Å². The number of furan rings is 1. The van der Waals surface area contributed by atoms with Crippen molar-refractivity contribution in [1.29, 1.82) is 0 Å². The first-order valence-corrected chi connectivity index (χ1v) is 15.0. The van der Waals surface area contributed by atoms with Crippen molar-refractivity contribution in [3.63, 3.8) is 0 Å². The fourth-order valence-electron chi connectivity index (χ4n) is 6.15. The lowest BCUT2D eigenvalue weighted by molar-refractivity contribution is 0.604. The summed E-state index contributed by atoms with van der Waals surface area (Å²) in [5, 5.41) is 4.66. The summed E-state index contributed by atoms with van der Waals surface area (Å²) in [6, 6.07) is 53.8.